The minimum Gasteiger partial charge on any atom is -0.508 e. The molecule has 0 spiro atoms. The smallest absolute Gasteiger partial charge is 0.120 e. The number of hydrogen-bond donors (Lipinski definition) is 2. The molecule has 23 heavy (non-hydrogen) atoms. The second-order valence-electron chi connectivity index (χ2n) is 6.85. The molecule has 2 N–H and O–H groups in total. The fraction of sp³-hybridized carbons (Fsp3) is 0.667. The minimum absolute atomic E-state index is 0.240. The molecule has 0 radical (unpaired) electrons. The molecule has 0 bridgehead atoms. The maximum Gasteiger partial charge on any atom is 0.120 e. The molecule has 4 nitrogen and oxygen atoms in total. The first-order valence-electron chi connectivity index (χ1n) is 8.73. The zero-order valence-corrected chi connectivity index (χ0v) is 14.4. The van der Waals surface area contributed by atoms with Gasteiger partial charge in [-0.25, -0.2) is 0 Å². The van der Waals surface area contributed by atoms with Crippen LogP contribution in [0.3, 0.4) is 0 Å². The van der Waals surface area contributed by atoms with E-state index >= 15 is 0 Å². The van der Waals surface area contributed by atoms with Gasteiger partial charge in [-0.15, -0.1) is 0 Å². The average Bonchev–Trinajstić information content (AvgIpc) is 3.06. The number of rotatable bonds is 5. The van der Waals surface area contributed by atoms with Crippen molar-refractivity contribution in [3.63, 3.8) is 0 Å². The Morgan fingerprint density at radius 2 is 1.96 bits per heavy atom. The standard InChI is InChI=1S/C18H27ClN2O2/c19-15-5-6-18(23)14(11-15)12-20-8-9-21(16-3-1-2-4-16)17(13-20)7-10-22/h5-6,11,16-17,22-23H,1-4,7-10,12-13H2/t17-/m0/s1. The molecule has 1 saturated carbocycles. The molecule has 2 fully saturated rings. The largest absolute Gasteiger partial charge is 0.508 e. The number of phenolic OH excluding ortho intramolecular Hbond substituents is 1. The number of hydrogen-bond acceptors (Lipinski definition) is 4. The van der Waals surface area contributed by atoms with Crippen LogP contribution >= 0.6 is 11.6 Å². The molecule has 1 heterocycles. The highest BCUT2D eigenvalue weighted by Crippen LogP contribution is 2.29. The third-order valence-electron chi connectivity index (χ3n) is 5.30. The van der Waals surface area contributed by atoms with Gasteiger partial charge in [-0.2, -0.15) is 0 Å². The van der Waals surface area contributed by atoms with Crippen LogP contribution in [0, 0.1) is 0 Å². The van der Waals surface area contributed by atoms with Crippen molar-refractivity contribution in [2.45, 2.75) is 50.7 Å². The summed E-state index contributed by atoms with van der Waals surface area (Å²) < 4.78 is 0. The number of nitrogens with zero attached hydrogens (tertiary/aromatic N) is 2. The van der Waals surface area contributed by atoms with Crippen LogP contribution in [-0.2, 0) is 6.54 Å². The van der Waals surface area contributed by atoms with Gasteiger partial charge in [-0.1, -0.05) is 24.4 Å². The predicted octanol–water partition coefficient (Wildman–Crippen LogP) is 2.86. The van der Waals surface area contributed by atoms with E-state index < -0.39 is 0 Å². The Morgan fingerprint density at radius 3 is 2.70 bits per heavy atom. The highest BCUT2D eigenvalue weighted by atomic mass is 35.5. The summed E-state index contributed by atoms with van der Waals surface area (Å²) >= 11 is 6.05. The molecule has 1 aliphatic carbocycles. The van der Waals surface area contributed by atoms with Crippen LogP contribution in [0.1, 0.15) is 37.7 Å². The molecule has 1 atom stereocenters. The van der Waals surface area contributed by atoms with Gasteiger partial charge >= 0.3 is 0 Å². The number of benzene rings is 1. The van der Waals surface area contributed by atoms with Gasteiger partial charge in [-0.3, -0.25) is 9.80 Å². The van der Waals surface area contributed by atoms with Gasteiger partial charge in [0.2, 0.25) is 0 Å². The zero-order valence-electron chi connectivity index (χ0n) is 13.6. The predicted molar refractivity (Wildman–Crippen MR) is 92.8 cm³/mol. The summed E-state index contributed by atoms with van der Waals surface area (Å²) in [5.74, 6) is 0.311. The van der Waals surface area contributed by atoms with E-state index in [4.69, 9.17) is 11.6 Å². The summed E-state index contributed by atoms with van der Waals surface area (Å²) in [6.07, 6.45) is 6.11. The number of halogens is 1. The Bertz CT molecular complexity index is 520. The van der Waals surface area contributed by atoms with Crippen molar-refractivity contribution in [3.8, 4) is 5.75 Å². The molecule has 1 aliphatic heterocycles. The monoisotopic (exact) mass is 338 g/mol. The molecule has 1 aromatic rings. The van der Waals surface area contributed by atoms with Crippen molar-refractivity contribution in [1.29, 1.82) is 0 Å². The van der Waals surface area contributed by atoms with E-state index in [-0.39, 0.29) is 6.61 Å². The zero-order chi connectivity index (χ0) is 16.2. The van der Waals surface area contributed by atoms with Gasteiger partial charge < -0.3 is 10.2 Å². The minimum atomic E-state index is 0.240. The first-order valence-corrected chi connectivity index (χ1v) is 9.11. The third-order valence-corrected chi connectivity index (χ3v) is 5.54. The summed E-state index contributed by atoms with van der Waals surface area (Å²) in [5.41, 5.74) is 0.884. The number of aliphatic hydroxyl groups excluding tert-OH is 1. The van der Waals surface area contributed by atoms with Crippen LogP contribution in [0.2, 0.25) is 5.02 Å². The maximum atomic E-state index is 10.0. The van der Waals surface area contributed by atoms with Gasteiger partial charge in [0.05, 0.1) is 0 Å². The van der Waals surface area contributed by atoms with Crippen LogP contribution in [0.5, 0.6) is 5.75 Å². The molecule has 2 aliphatic rings. The Kier molecular flexibility index (Phi) is 5.81. The molecule has 0 aromatic heterocycles. The van der Waals surface area contributed by atoms with Crippen molar-refractivity contribution < 1.29 is 10.2 Å². The van der Waals surface area contributed by atoms with E-state index in [0.29, 0.717) is 29.4 Å². The van der Waals surface area contributed by atoms with Gasteiger partial charge in [0.25, 0.3) is 0 Å². The molecule has 3 rings (SSSR count). The quantitative estimate of drug-likeness (QED) is 0.866. The summed E-state index contributed by atoms with van der Waals surface area (Å²) in [6, 6.07) is 6.35. The maximum absolute atomic E-state index is 10.0. The molecule has 0 unspecified atom stereocenters. The lowest BCUT2D eigenvalue weighted by atomic mass is 10.0. The molecule has 128 valence electrons. The second kappa shape index (κ2) is 7.84. The lowest BCUT2D eigenvalue weighted by molar-refractivity contribution is 0.0265. The molecular weight excluding hydrogens is 312 g/mol. The number of aliphatic hydroxyl groups is 1. The van der Waals surface area contributed by atoms with E-state index in [1.807, 2.05) is 6.07 Å². The fourth-order valence-corrected chi connectivity index (χ4v) is 4.32. The second-order valence-corrected chi connectivity index (χ2v) is 7.29. The summed E-state index contributed by atoms with van der Waals surface area (Å²) in [5, 5.41) is 20.1. The highest BCUT2D eigenvalue weighted by molar-refractivity contribution is 6.30. The number of phenols is 1. The SMILES string of the molecule is OCC[C@H]1CN(Cc2cc(Cl)ccc2O)CCN1C1CCCC1. The van der Waals surface area contributed by atoms with Crippen molar-refractivity contribution in [2.24, 2.45) is 0 Å². The van der Waals surface area contributed by atoms with E-state index in [1.54, 1.807) is 12.1 Å². The third kappa shape index (κ3) is 4.18. The summed E-state index contributed by atoms with van der Waals surface area (Å²) in [7, 11) is 0. The highest BCUT2D eigenvalue weighted by Gasteiger charge is 2.33. The Balaban J connectivity index is 1.65. The van der Waals surface area contributed by atoms with Crippen LogP contribution in [0.25, 0.3) is 0 Å². The fourth-order valence-electron chi connectivity index (χ4n) is 4.12. The molecular formula is C18H27ClN2O2. The molecule has 1 saturated heterocycles. The van der Waals surface area contributed by atoms with Crippen LogP contribution in [-0.4, -0.2) is 58.3 Å². The van der Waals surface area contributed by atoms with E-state index in [9.17, 15) is 10.2 Å². The van der Waals surface area contributed by atoms with E-state index in [1.165, 1.54) is 25.7 Å². The lowest BCUT2D eigenvalue weighted by Crippen LogP contribution is -2.56. The Labute approximate surface area is 143 Å². The summed E-state index contributed by atoms with van der Waals surface area (Å²) in [6.45, 7) is 3.96. The number of piperazine rings is 1. The van der Waals surface area contributed by atoms with Gasteiger partial charge in [-0.05, 0) is 37.5 Å². The van der Waals surface area contributed by atoms with E-state index in [0.717, 1.165) is 31.6 Å². The van der Waals surface area contributed by atoms with Gasteiger partial charge in [0, 0.05) is 55.5 Å². The van der Waals surface area contributed by atoms with Crippen LogP contribution in [0.15, 0.2) is 18.2 Å². The summed E-state index contributed by atoms with van der Waals surface area (Å²) in [4.78, 5) is 4.99. The first kappa shape index (κ1) is 17.0. The molecule has 5 heteroatoms. The lowest BCUT2D eigenvalue weighted by Gasteiger charge is -2.44. The van der Waals surface area contributed by atoms with E-state index in [2.05, 4.69) is 9.80 Å². The van der Waals surface area contributed by atoms with Crippen molar-refractivity contribution in [2.75, 3.05) is 26.2 Å². The van der Waals surface area contributed by atoms with Crippen molar-refractivity contribution in [3.05, 3.63) is 28.8 Å². The van der Waals surface area contributed by atoms with Crippen molar-refractivity contribution in [1.82, 2.24) is 9.80 Å². The van der Waals surface area contributed by atoms with Gasteiger partial charge in [0.15, 0.2) is 0 Å². The van der Waals surface area contributed by atoms with Crippen LogP contribution < -0.4 is 0 Å². The van der Waals surface area contributed by atoms with Gasteiger partial charge in [0.1, 0.15) is 5.75 Å². The van der Waals surface area contributed by atoms with Crippen LogP contribution in [0.4, 0.5) is 0 Å². The first-order chi connectivity index (χ1) is 11.2. The number of aromatic hydroxyl groups is 1. The van der Waals surface area contributed by atoms with Crippen molar-refractivity contribution >= 4 is 11.6 Å². The topological polar surface area (TPSA) is 46.9 Å². The molecule has 1 aromatic carbocycles. The Morgan fingerprint density at radius 1 is 1.17 bits per heavy atom. The average molecular weight is 339 g/mol. The molecule has 0 amide bonds. The normalized spacial score (nSPS) is 24.3. The Hall–Kier alpha value is -0.810.